The van der Waals surface area contributed by atoms with Gasteiger partial charge in [0, 0.05) is 18.0 Å². The van der Waals surface area contributed by atoms with E-state index >= 15 is 0 Å². The fourth-order valence-corrected chi connectivity index (χ4v) is 3.38. The molecule has 0 aromatic heterocycles. The SMILES string of the molecule is CCOC(=O)[C@@H]1[C@H]2CC[C@@H](C[C@@H]2N)N1C(=O)OC(C)(C)C. The molecule has 3 aliphatic rings. The van der Waals surface area contributed by atoms with E-state index in [0.717, 1.165) is 19.3 Å². The van der Waals surface area contributed by atoms with Gasteiger partial charge in [-0.15, -0.1) is 0 Å². The van der Waals surface area contributed by atoms with E-state index in [1.807, 2.05) is 20.8 Å². The summed E-state index contributed by atoms with van der Waals surface area (Å²) in [5.41, 5.74) is 5.56. The van der Waals surface area contributed by atoms with Gasteiger partial charge in [-0.1, -0.05) is 0 Å². The summed E-state index contributed by atoms with van der Waals surface area (Å²) in [4.78, 5) is 26.3. The summed E-state index contributed by atoms with van der Waals surface area (Å²) in [6, 6.07) is -0.701. The second-order valence-electron chi connectivity index (χ2n) is 6.88. The number of ether oxygens (including phenoxy) is 2. The molecular formula is C15H26N2O4. The summed E-state index contributed by atoms with van der Waals surface area (Å²) in [5, 5.41) is 0. The highest BCUT2D eigenvalue weighted by molar-refractivity contribution is 5.83. The van der Waals surface area contributed by atoms with E-state index in [9.17, 15) is 9.59 Å². The number of carbonyl (C=O) groups is 2. The minimum absolute atomic E-state index is 0.0331. The molecule has 120 valence electrons. The third-order valence-electron chi connectivity index (χ3n) is 4.16. The van der Waals surface area contributed by atoms with Crippen molar-refractivity contribution in [2.45, 2.75) is 70.7 Å². The minimum atomic E-state index is -0.609. The van der Waals surface area contributed by atoms with E-state index in [-0.39, 0.29) is 24.0 Å². The van der Waals surface area contributed by atoms with Crippen LogP contribution in [0.4, 0.5) is 4.79 Å². The average Bonchev–Trinajstić information content (AvgIpc) is 2.36. The van der Waals surface area contributed by atoms with Crippen molar-refractivity contribution < 1.29 is 19.1 Å². The molecule has 6 heteroatoms. The number of piperidine rings is 2. The summed E-state index contributed by atoms with van der Waals surface area (Å²) in [6.45, 7) is 7.51. The van der Waals surface area contributed by atoms with Crippen LogP contribution in [0.3, 0.4) is 0 Å². The van der Waals surface area contributed by atoms with Gasteiger partial charge in [-0.05, 0) is 47.0 Å². The first-order valence-corrected chi connectivity index (χ1v) is 7.68. The predicted molar refractivity (Wildman–Crippen MR) is 77.6 cm³/mol. The van der Waals surface area contributed by atoms with Gasteiger partial charge in [0.25, 0.3) is 0 Å². The van der Waals surface area contributed by atoms with E-state index in [1.54, 1.807) is 11.8 Å². The molecule has 0 aromatic carbocycles. The molecule has 4 atom stereocenters. The number of hydrogen-bond donors (Lipinski definition) is 1. The van der Waals surface area contributed by atoms with Gasteiger partial charge in [0.2, 0.25) is 0 Å². The number of amides is 1. The summed E-state index contributed by atoms with van der Waals surface area (Å²) in [7, 11) is 0. The molecule has 1 amide bonds. The van der Waals surface area contributed by atoms with Crippen molar-refractivity contribution in [2.24, 2.45) is 11.7 Å². The molecule has 2 bridgehead atoms. The molecule has 1 aliphatic carbocycles. The average molecular weight is 298 g/mol. The molecule has 2 saturated heterocycles. The maximum atomic E-state index is 12.5. The van der Waals surface area contributed by atoms with Gasteiger partial charge < -0.3 is 15.2 Å². The van der Waals surface area contributed by atoms with Gasteiger partial charge in [-0.3, -0.25) is 4.90 Å². The molecule has 2 N–H and O–H groups in total. The molecule has 0 unspecified atom stereocenters. The first-order valence-electron chi connectivity index (χ1n) is 7.68. The standard InChI is InChI=1S/C15H26N2O4/c1-5-20-13(18)12-10-7-6-9(8-11(10)16)17(12)14(19)21-15(2,3)4/h9-12H,5-8,16H2,1-4H3/t9-,10-,11-,12-/m0/s1. The Morgan fingerprint density at radius 3 is 2.48 bits per heavy atom. The highest BCUT2D eigenvalue weighted by atomic mass is 16.6. The number of nitrogens with two attached hydrogens (primary N) is 1. The topological polar surface area (TPSA) is 81.9 Å². The lowest BCUT2D eigenvalue weighted by molar-refractivity contribution is -0.159. The monoisotopic (exact) mass is 298 g/mol. The van der Waals surface area contributed by atoms with Crippen LogP contribution in [0.5, 0.6) is 0 Å². The molecule has 3 rings (SSSR count). The number of fused-ring (bicyclic) bond motifs is 3. The number of carbonyl (C=O) groups excluding carboxylic acids is 2. The first-order chi connectivity index (χ1) is 9.74. The van der Waals surface area contributed by atoms with Gasteiger partial charge in [0.1, 0.15) is 11.6 Å². The number of hydrogen-bond acceptors (Lipinski definition) is 5. The largest absolute Gasteiger partial charge is 0.464 e. The lowest BCUT2D eigenvalue weighted by atomic mass is 9.71. The molecule has 3 fully saturated rings. The van der Waals surface area contributed by atoms with Crippen LogP contribution in [0, 0.1) is 5.92 Å². The third kappa shape index (κ3) is 3.31. The summed E-state index contributed by atoms with van der Waals surface area (Å²) >= 11 is 0. The van der Waals surface area contributed by atoms with Crippen LogP contribution in [0.25, 0.3) is 0 Å². The Morgan fingerprint density at radius 1 is 1.29 bits per heavy atom. The summed E-state index contributed by atoms with van der Waals surface area (Å²) in [6.07, 6.45) is 2.00. The number of esters is 1. The molecule has 21 heavy (non-hydrogen) atoms. The highest BCUT2D eigenvalue weighted by Gasteiger charge is 2.52. The van der Waals surface area contributed by atoms with Crippen molar-refractivity contribution in [3.8, 4) is 0 Å². The van der Waals surface area contributed by atoms with E-state index in [4.69, 9.17) is 15.2 Å². The van der Waals surface area contributed by atoms with Gasteiger partial charge in [-0.25, -0.2) is 9.59 Å². The normalized spacial score (nSPS) is 32.0. The molecular weight excluding hydrogens is 272 g/mol. The van der Waals surface area contributed by atoms with Crippen molar-refractivity contribution in [3.63, 3.8) is 0 Å². The second kappa shape index (κ2) is 5.83. The number of rotatable bonds is 2. The molecule has 2 aliphatic heterocycles. The van der Waals surface area contributed by atoms with Crippen molar-refractivity contribution >= 4 is 12.1 Å². The Labute approximate surface area is 125 Å². The highest BCUT2D eigenvalue weighted by Crippen LogP contribution is 2.40. The summed E-state index contributed by atoms with van der Waals surface area (Å²) < 4.78 is 10.6. The molecule has 0 aromatic rings. The predicted octanol–water partition coefficient (Wildman–Crippen LogP) is 1.66. The van der Waals surface area contributed by atoms with E-state index < -0.39 is 17.7 Å². The van der Waals surface area contributed by atoms with Crippen LogP contribution < -0.4 is 5.73 Å². The number of nitrogens with zero attached hydrogens (tertiary/aromatic N) is 1. The Balaban J connectivity index is 2.23. The fraction of sp³-hybridized carbons (Fsp3) is 0.867. The maximum absolute atomic E-state index is 12.5. The molecule has 1 saturated carbocycles. The van der Waals surface area contributed by atoms with Gasteiger partial charge >= 0.3 is 12.1 Å². The Morgan fingerprint density at radius 2 is 1.95 bits per heavy atom. The first kappa shape index (κ1) is 16.1. The Kier molecular flexibility index (Phi) is 4.46. The van der Waals surface area contributed by atoms with Crippen LogP contribution in [0.15, 0.2) is 0 Å². The van der Waals surface area contributed by atoms with Crippen LogP contribution in [-0.4, -0.2) is 47.3 Å². The fourth-order valence-electron chi connectivity index (χ4n) is 3.38. The third-order valence-corrected chi connectivity index (χ3v) is 4.16. The van der Waals surface area contributed by atoms with Gasteiger partial charge in [0.15, 0.2) is 0 Å². The van der Waals surface area contributed by atoms with E-state index in [1.165, 1.54) is 0 Å². The lowest BCUT2D eigenvalue weighted by Crippen LogP contribution is -2.67. The van der Waals surface area contributed by atoms with Crippen molar-refractivity contribution in [2.75, 3.05) is 6.61 Å². The second-order valence-corrected chi connectivity index (χ2v) is 6.88. The van der Waals surface area contributed by atoms with Crippen molar-refractivity contribution in [1.29, 1.82) is 0 Å². The van der Waals surface area contributed by atoms with Crippen molar-refractivity contribution in [3.05, 3.63) is 0 Å². The Bertz CT molecular complexity index is 418. The molecule has 0 radical (unpaired) electrons. The molecule has 2 heterocycles. The van der Waals surface area contributed by atoms with Gasteiger partial charge in [0.05, 0.1) is 6.61 Å². The summed E-state index contributed by atoms with van der Waals surface area (Å²) in [5.74, 6) is -0.408. The van der Waals surface area contributed by atoms with Crippen LogP contribution in [0.1, 0.15) is 47.0 Å². The quantitative estimate of drug-likeness (QED) is 0.784. The molecule has 6 nitrogen and oxygen atoms in total. The maximum Gasteiger partial charge on any atom is 0.411 e. The van der Waals surface area contributed by atoms with E-state index in [2.05, 4.69) is 0 Å². The minimum Gasteiger partial charge on any atom is -0.464 e. The zero-order valence-corrected chi connectivity index (χ0v) is 13.3. The molecule has 0 spiro atoms. The van der Waals surface area contributed by atoms with Gasteiger partial charge in [-0.2, -0.15) is 0 Å². The van der Waals surface area contributed by atoms with E-state index in [0.29, 0.717) is 6.61 Å². The smallest absolute Gasteiger partial charge is 0.411 e. The van der Waals surface area contributed by atoms with Crippen LogP contribution in [-0.2, 0) is 14.3 Å². The van der Waals surface area contributed by atoms with Crippen LogP contribution in [0.2, 0.25) is 0 Å². The lowest BCUT2D eigenvalue weighted by Gasteiger charge is -2.52. The van der Waals surface area contributed by atoms with Crippen LogP contribution >= 0.6 is 0 Å². The Hall–Kier alpha value is -1.30. The zero-order valence-electron chi connectivity index (χ0n) is 13.3. The van der Waals surface area contributed by atoms with Crippen molar-refractivity contribution in [1.82, 2.24) is 4.90 Å². The zero-order chi connectivity index (χ0) is 15.8.